The molecule has 1 aromatic carbocycles. The van der Waals surface area contributed by atoms with Crippen LogP contribution >= 0.6 is 0 Å². The number of amides is 2. The Kier molecular flexibility index (Phi) is 6.46. The lowest BCUT2D eigenvalue weighted by Crippen LogP contribution is -2.45. The first kappa shape index (κ1) is 21.0. The standard InChI is InChI=1S/C23H33N3O4/c1-15-13-16(2)22(19-5-6-20(27)25-21(15)19)29-12-11-26-9-7-18(8-10-26)24-23(28)30-14-17-3-4-17/h13,17-18H,3-12,14H2,1-2H3,(H,24,28)(H,25,27). The van der Waals surface area contributed by atoms with Gasteiger partial charge < -0.3 is 20.1 Å². The van der Waals surface area contributed by atoms with Crippen LogP contribution in [0.4, 0.5) is 10.5 Å². The molecule has 0 aromatic heterocycles. The smallest absolute Gasteiger partial charge is 0.407 e. The van der Waals surface area contributed by atoms with E-state index in [0.29, 0.717) is 25.6 Å². The zero-order chi connectivity index (χ0) is 21.1. The van der Waals surface area contributed by atoms with Crippen LogP contribution in [0.3, 0.4) is 0 Å². The molecule has 0 spiro atoms. The molecule has 2 amide bonds. The van der Waals surface area contributed by atoms with Crippen molar-refractivity contribution >= 4 is 17.7 Å². The lowest BCUT2D eigenvalue weighted by atomic mass is 9.95. The highest BCUT2D eigenvalue weighted by molar-refractivity contribution is 5.95. The van der Waals surface area contributed by atoms with Crippen molar-refractivity contribution in [2.75, 3.05) is 38.2 Å². The summed E-state index contributed by atoms with van der Waals surface area (Å²) in [5.41, 5.74) is 4.26. The molecule has 3 aliphatic rings. The number of rotatable bonds is 7. The van der Waals surface area contributed by atoms with Gasteiger partial charge in [0.05, 0.1) is 12.3 Å². The fraction of sp³-hybridized carbons (Fsp3) is 0.652. The molecule has 1 aromatic rings. The molecule has 2 aliphatic heterocycles. The number of ether oxygens (including phenoxy) is 2. The number of nitrogens with zero attached hydrogens (tertiary/aromatic N) is 1. The molecule has 164 valence electrons. The molecule has 7 nitrogen and oxygen atoms in total. The van der Waals surface area contributed by atoms with E-state index in [9.17, 15) is 9.59 Å². The maximum Gasteiger partial charge on any atom is 0.407 e. The molecule has 4 rings (SSSR count). The molecule has 30 heavy (non-hydrogen) atoms. The van der Waals surface area contributed by atoms with Crippen molar-refractivity contribution in [3.8, 4) is 5.75 Å². The van der Waals surface area contributed by atoms with Crippen LogP contribution in [0.2, 0.25) is 0 Å². The number of aryl methyl sites for hydroxylation is 2. The van der Waals surface area contributed by atoms with Gasteiger partial charge in [0.15, 0.2) is 0 Å². The van der Waals surface area contributed by atoms with Crippen molar-refractivity contribution in [1.82, 2.24) is 10.2 Å². The van der Waals surface area contributed by atoms with E-state index in [1.807, 2.05) is 6.92 Å². The second kappa shape index (κ2) is 9.25. The lowest BCUT2D eigenvalue weighted by molar-refractivity contribution is -0.116. The summed E-state index contributed by atoms with van der Waals surface area (Å²) in [5, 5.41) is 6.00. The largest absolute Gasteiger partial charge is 0.492 e. The summed E-state index contributed by atoms with van der Waals surface area (Å²) in [4.78, 5) is 26.0. The van der Waals surface area contributed by atoms with Gasteiger partial charge in [0.25, 0.3) is 0 Å². The first-order valence-electron chi connectivity index (χ1n) is 11.2. The lowest BCUT2D eigenvalue weighted by Gasteiger charge is -2.32. The average Bonchev–Trinajstić information content (AvgIpc) is 3.55. The normalized spacial score (nSPS) is 19.7. The Bertz CT molecular complexity index is 798. The number of carbonyl (C=O) groups excluding carboxylic acids is 2. The Morgan fingerprint density at radius 1 is 1.17 bits per heavy atom. The molecule has 1 saturated carbocycles. The summed E-state index contributed by atoms with van der Waals surface area (Å²) in [6.07, 6.45) is 5.21. The second-order valence-corrected chi connectivity index (χ2v) is 8.89. The summed E-state index contributed by atoms with van der Waals surface area (Å²) < 4.78 is 11.5. The molecule has 0 unspecified atom stereocenters. The SMILES string of the molecule is Cc1cc(C)c(OCCN2CCC(NC(=O)OCC3CC3)CC2)c2c1NC(=O)CC2. The van der Waals surface area contributed by atoms with Crippen LogP contribution in [-0.4, -0.2) is 55.8 Å². The van der Waals surface area contributed by atoms with Gasteiger partial charge in [0, 0.05) is 37.7 Å². The molecule has 1 aliphatic carbocycles. The summed E-state index contributed by atoms with van der Waals surface area (Å²) >= 11 is 0. The number of nitrogens with one attached hydrogen (secondary N) is 2. The molecule has 0 radical (unpaired) electrons. The Morgan fingerprint density at radius 2 is 1.93 bits per heavy atom. The zero-order valence-corrected chi connectivity index (χ0v) is 18.1. The van der Waals surface area contributed by atoms with Crippen molar-refractivity contribution in [1.29, 1.82) is 0 Å². The van der Waals surface area contributed by atoms with E-state index in [1.54, 1.807) is 0 Å². The minimum Gasteiger partial charge on any atom is -0.492 e. The predicted octanol–water partition coefficient (Wildman–Crippen LogP) is 3.17. The third-order valence-electron chi connectivity index (χ3n) is 6.34. The van der Waals surface area contributed by atoms with Crippen molar-refractivity contribution in [2.45, 2.75) is 58.4 Å². The molecule has 0 atom stereocenters. The van der Waals surface area contributed by atoms with E-state index in [-0.39, 0.29) is 18.0 Å². The third-order valence-corrected chi connectivity index (χ3v) is 6.34. The van der Waals surface area contributed by atoms with Gasteiger partial charge in [0.2, 0.25) is 5.91 Å². The van der Waals surface area contributed by atoms with E-state index in [1.165, 1.54) is 12.8 Å². The van der Waals surface area contributed by atoms with Gasteiger partial charge in [0.1, 0.15) is 12.4 Å². The number of likely N-dealkylation sites (tertiary alicyclic amines) is 1. The number of hydrogen-bond acceptors (Lipinski definition) is 5. The number of alkyl carbamates (subject to hydrolysis) is 1. The summed E-state index contributed by atoms with van der Waals surface area (Å²) in [7, 11) is 0. The van der Waals surface area contributed by atoms with Crippen molar-refractivity contribution in [3.05, 3.63) is 22.8 Å². The van der Waals surface area contributed by atoms with Crippen LogP contribution in [0.5, 0.6) is 5.75 Å². The topological polar surface area (TPSA) is 79.9 Å². The number of carbonyl (C=O) groups is 2. The van der Waals surface area contributed by atoms with Crippen LogP contribution in [0.25, 0.3) is 0 Å². The van der Waals surface area contributed by atoms with E-state index in [0.717, 1.165) is 67.0 Å². The number of hydrogen-bond donors (Lipinski definition) is 2. The number of anilines is 1. The fourth-order valence-electron chi connectivity index (χ4n) is 4.37. The van der Waals surface area contributed by atoms with Crippen molar-refractivity contribution < 1.29 is 19.1 Å². The molecule has 7 heteroatoms. The molecule has 2 N–H and O–H groups in total. The monoisotopic (exact) mass is 415 g/mol. The summed E-state index contributed by atoms with van der Waals surface area (Å²) in [6, 6.07) is 2.28. The molecular weight excluding hydrogens is 382 g/mol. The number of piperidine rings is 1. The second-order valence-electron chi connectivity index (χ2n) is 8.89. The van der Waals surface area contributed by atoms with Gasteiger partial charge in [-0.2, -0.15) is 0 Å². The van der Waals surface area contributed by atoms with Crippen LogP contribution in [0.15, 0.2) is 6.07 Å². The van der Waals surface area contributed by atoms with Gasteiger partial charge in [-0.25, -0.2) is 4.79 Å². The number of fused-ring (bicyclic) bond motifs is 1. The first-order valence-corrected chi connectivity index (χ1v) is 11.2. The fourth-order valence-corrected chi connectivity index (χ4v) is 4.37. The van der Waals surface area contributed by atoms with Gasteiger partial charge in [-0.05, 0) is 63.0 Å². The highest BCUT2D eigenvalue weighted by Crippen LogP contribution is 2.37. The minimum absolute atomic E-state index is 0.0771. The maximum atomic E-state index is 11.9. The van der Waals surface area contributed by atoms with Crippen LogP contribution in [0.1, 0.15) is 48.8 Å². The maximum absolute atomic E-state index is 11.9. The highest BCUT2D eigenvalue weighted by atomic mass is 16.5. The Balaban J connectivity index is 1.21. The van der Waals surface area contributed by atoms with E-state index >= 15 is 0 Å². The quantitative estimate of drug-likeness (QED) is 0.715. The van der Waals surface area contributed by atoms with Gasteiger partial charge in [-0.15, -0.1) is 0 Å². The molecule has 1 saturated heterocycles. The molecular formula is C23H33N3O4. The zero-order valence-electron chi connectivity index (χ0n) is 18.1. The van der Waals surface area contributed by atoms with E-state index in [2.05, 4.69) is 28.5 Å². The third kappa shape index (κ3) is 5.25. The van der Waals surface area contributed by atoms with Crippen molar-refractivity contribution in [3.63, 3.8) is 0 Å². The van der Waals surface area contributed by atoms with Gasteiger partial charge in [-0.3, -0.25) is 9.69 Å². The number of benzene rings is 1. The van der Waals surface area contributed by atoms with Crippen LogP contribution in [0, 0.1) is 19.8 Å². The summed E-state index contributed by atoms with van der Waals surface area (Å²) in [6.45, 7) is 8.02. The van der Waals surface area contributed by atoms with Gasteiger partial charge >= 0.3 is 6.09 Å². The Hall–Kier alpha value is -2.28. The molecule has 2 fully saturated rings. The minimum atomic E-state index is -0.268. The van der Waals surface area contributed by atoms with E-state index < -0.39 is 0 Å². The first-order chi connectivity index (χ1) is 14.5. The van der Waals surface area contributed by atoms with E-state index in [4.69, 9.17) is 9.47 Å². The van der Waals surface area contributed by atoms with Gasteiger partial charge in [-0.1, -0.05) is 6.07 Å². The molecule has 2 heterocycles. The van der Waals surface area contributed by atoms with Crippen LogP contribution < -0.4 is 15.4 Å². The van der Waals surface area contributed by atoms with Crippen LogP contribution in [-0.2, 0) is 16.0 Å². The highest BCUT2D eigenvalue weighted by Gasteiger charge is 2.26. The Morgan fingerprint density at radius 3 is 2.67 bits per heavy atom. The van der Waals surface area contributed by atoms with Crippen molar-refractivity contribution in [2.24, 2.45) is 5.92 Å². The molecule has 0 bridgehead atoms. The average molecular weight is 416 g/mol. The summed E-state index contributed by atoms with van der Waals surface area (Å²) in [5.74, 6) is 1.59. The predicted molar refractivity (Wildman–Crippen MR) is 115 cm³/mol. The Labute approximate surface area is 178 Å².